The molecule has 0 aliphatic carbocycles. The fourth-order valence-corrected chi connectivity index (χ4v) is 1.55. The molecule has 1 N–H and O–H groups in total. The number of ether oxygens (including phenoxy) is 1. The maximum absolute atomic E-state index is 12.9. The van der Waals surface area contributed by atoms with E-state index in [0.29, 0.717) is 5.69 Å². The van der Waals surface area contributed by atoms with Crippen LogP contribution in [0.1, 0.15) is 0 Å². The van der Waals surface area contributed by atoms with Gasteiger partial charge in [-0.2, -0.15) is 0 Å². The lowest BCUT2D eigenvalue weighted by Crippen LogP contribution is -2.20. The third-order valence-electron chi connectivity index (χ3n) is 2.29. The molecule has 0 saturated carbocycles. The van der Waals surface area contributed by atoms with Gasteiger partial charge in [0.15, 0.2) is 23.4 Å². The number of carbonyl (C=O) groups is 1. The summed E-state index contributed by atoms with van der Waals surface area (Å²) >= 11 is 5.77. The summed E-state index contributed by atoms with van der Waals surface area (Å²) in [6.07, 6.45) is 1.48. The van der Waals surface area contributed by atoms with Crippen molar-refractivity contribution in [1.29, 1.82) is 0 Å². The van der Waals surface area contributed by atoms with Gasteiger partial charge in [-0.05, 0) is 24.3 Å². The molecule has 2 aromatic rings. The quantitative estimate of drug-likeness (QED) is 0.883. The Bertz CT molecular complexity index is 638. The molecule has 104 valence electrons. The summed E-state index contributed by atoms with van der Waals surface area (Å²) in [6.45, 7) is -0.365. The maximum atomic E-state index is 12.9. The van der Waals surface area contributed by atoms with Gasteiger partial charge in [0.25, 0.3) is 5.91 Å². The van der Waals surface area contributed by atoms with E-state index >= 15 is 0 Å². The molecule has 1 aromatic heterocycles. The molecule has 0 bridgehead atoms. The Hall–Kier alpha value is -2.21. The summed E-state index contributed by atoms with van der Waals surface area (Å²) in [7, 11) is 0. The van der Waals surface area contributed by atoms with Crippen LogP contribution in [0.5, 0.6) is 5.75 Å². The van der Waals surface area contributed by atoms with Crippen molar-refractivity contribution in [3.63, 3.8) is 0 Å². The number of nitrogens with zero attached hydrogens (tertiary/aromatic N) is 1. The molecule has 0 spiro atoms. The standard InChI is InChI=1S/C13H9ClF2N2O2/c14-13-11(2-1-5-17-13)18-12(19)7-20-8-3-4-9(15)10(16)6-8/h1-6H,7H2,(H,18,19). The molecule has 0 saturated heterocycles. The molecule has 0 aliphatic heterocycles. The van der Waals surface area contributed by atoms with E-state index in [-0.39, 0.29) is 17.5 Å². The highest BCUT2D eigenvalue weighted by Crippen LogP contribution is 2.18. The van der Waals surface area contributed by atoms with Crippen LogP contribution in [-0.2, 0) is 4.79 Å². The van der Waals surface area contributed by atoms with Crippen molar-refractivity contribution < 1.29 is 18.3 Å². The van der Waals surface area contributed by atoms with Gasteiger partial charge in [0.05, 0.1) is 5.69 Å². The van der Waals surface area contributed by atoms with E-state index in [2.05, 4.69) is 10.3 Å². The molecular weight excluding hydrogens is 290 g/mol. The topological polar surface area (TPSA) is 51.2 Å². The summed E-state index contributed by atoms with van der Waals surface area (Å²) in [6, 6.07) is 6.19. The fourth-order valence-electron chi connectivity index (χ4n) is 1.38. The highest BCUT2D eigenvalue weighted by Gasteiger charge is 2.08. The van der Waals surface area contributed by atoms with Gasteiger partial charge in [-0.1, -0.05) is 11.6 Å². The van der Waals surface area contributed by atoms with E-state index in [1.54, 1.807) is 12.1 Å². The van der Waals surface area contributed by atoms with Crippen LogP contribution in [0.25, 0.3) is 0 Å². The number of aromatic nitrogens is 1. The minimum atomic E-state index is -1.04. The minimum absolute atomic E-state index is 0.0522. The number of pyridine rings is 1. The zero-order valence-electron chi connectivity index (χ0n) is 10.1. The van der Waals surface area contributed by atoms with Crippen LogP contribution in [0.15, 0.2) is 36.5 Å². The van der Waals surface area contributed by atoms with Gasteiger partial charge >= 0.3 is 0 Å². The smallest absolute Gasteiger partial charge is 0.262 e. The average molecular weight is 299 g/mol. The molecular formula is C13H9ClF2N2O2. The van der Waals surface area contributed by atoms with Crippen LogP contribution in [0.2, 0.25) is 5.15 Å². The van der Waals surface area contributed by atoms with Gasteiger partial charge in [0.1, 0.15) is 5.75 Å². The van der Waals surface area contributed by atoms with Crippen LogP contribution in [0.4, 0.5) is 14.5 Å². The average Bonchev–Trinajstić information content (AvgIpc) is 2.43. The normalized spacial score (nSPS) is 10.2. The van der Waals surface area contributed by atoms with Crippen molar-refractivity contribution in [3.05, 3.63) is 53.3 Å². The van der Waals surface area contributed by atoms with E-state index in [4.69, 9.17) is 16.3 Å². The molecule has 2 rings (SSSR count). The monoisotopic (exact) mass is 298 g/mol. The number of nitrogens with one attached hydrogen (secondary N) is 1. The molecule has 7 heteroatoms. The van der Waals surface area contributed by atoms with Crippen molar-refractivity contribution in [2.45, 2.75) is 0 Å². The highest BCUT2D eigenvalue weighted by molar-refractivity contribution is 6.32. The number of halogens is 3. The number of hydrogen-bond donors (Lipinski definition) is 1. The number of carbonyl (C=O) groups excluding carboxylic acids is 1. The van der Waals surface area contributed by atoms with Gasteiger partial charge < -0.3 is 10.1 Å². The van der Waals surface area contributed by atoms with Gasteiger partial charge in [0, 0.05) is 12.3 Å². The molecule has 4 nitrogen and oxygen atoms in total. The van der Waals surface area contributed by atoms with Crippen LogP contribution in [0, 0.1) is 11.6 Å². The van der Waals surface area contributed by atoms with Crippen molar-refractivity contribution in [2.75, 3.05) is 11.9 Å². The first kappa shape index (κ1) is 14.2. The Morgan fingerprint density at radius 3 is 2.80 bits per heavy atom. The van der Waals surface area contributed by atoms with Crippen LogP contribution >= 0.6 is 11.6 Å². The number of rotatable bonds is 4. The van der Waals surface area contributed by atoms with Crippen LogP contribution < -0.4 is 10.1 Å². The first-order valence-electron chi connectivity index (χ1n) is 5.54. The zero-order chi connectivity index (χ0) is 14.5. The van der Waals surface area contributed by atoms with E-state index in [1.807, 2.05) is 0 Å². The second kappa shape index (κ2) is 6.29. The van der Waals surface area contributed by atoms with Crippen LogP contribution in [0.3, 0.4) is 0 Å². The summed E-state index contributed by atoms with van der Waals surface area (Å²) in [5.74, 6) is -2.47. The molecule has 0 aliphatic rings. The molecule has 0 fully saturated rings. The lowest BCUT2D eigenvalue weighted by Gasteiger charge is -2.08. The molecule has 1 heterocycles. The number of amides is 1. The first-order valence-corrected chi connectivity index (χ1v) is 5.92. The lowest BCUT2D eigenvalue weighted by molar-refractivity contribution is -0.118. The Morgan fingerprint density at radius 2 is 2.10 bits per heavy atom. The third-order valence-corrected chi connectivity index (χ3v) is 2.60. The Labute approximate surface area is 118 Å². The summed E-state index contributed by atoms with van der Waals surface area (Å²) in [5.41, 5.74) is 0.341. The van der Waals surface area contributed by atoms with Crippen molar-refractivity contribution in [3.8, 4) is 5.75 Å². The Balaban J connectivity index is 1.92. The molecule has 0 radical (unpaired) electrons. The van der Waals surface area contributed by atoms with Crippen molar-refractivity contribution in [1.82, 2.24) is 4.98 Å². The Morgan fingerprint density at radius 1 is 1.30 bits per heavy atom. The fraction of sp³-hybridized carbons (Fsp3) is 0.0769. The summed E-state index contributed by atoms with van der Waals surface area (Å²) < 4.78 is 30.7. The predicted molar refractivity (Wildman–Crippen MR) is 69.7 cm³/mol. The predicted octanol–water partition coefficient (Wildman–Crippen LogP) is 3.03. The zero-order valence-corrected chi connectivity index (χ0v) is 10.8. The molecule has 0 unspecified atom stereocenters. The number of hydrogen-bond acceptors (Lipinski definition) is 3. The highest BCUT2D eigenvalue weighted by atomic mass is 35.5. The second-order valence-electron chi connectivity index (χ2n) is 3.75. The number of anilines is 1. The van der Waals surface area contributed by atoms with Gasteiger partial charge in [-0.15, -0.1) is 0 Å². The molecule has 0 atom stereocenters. The summed E-state index contributed by atoms with van der Waals surface area (Å²) in [4.78, 5) is 15.4. The third kappa shape index (κ3) is 3.64. The van der Waals surface area contributed by atoms with E-state index in [1.165, 1.54) is 12.3 Å². The van der Waals surface area contributed by atoms with Crippen molar-refractivity contribution >= 4 is 23.2 Å². The van der Waals surface area contributed by atoms with Gasteiger partial charge in [-0.3, -0.25) is 4.79 Å². The molecule has 1 amide bonds. The van der Waals surface area contributed by atoms with E-state index in [0.717, 1.165) is 12.1 Å². The number of benzene rings is 1. The van der Waals surface area contributed by atoms with E-state index < -0.39 is 17.5 Å². The second-order valence-corrected chi connectivity index (χ2v) is 4.11. The first-order chi connectivity index (χ1) is 9.56. The largest absolute Gasteiger partial charge is 0.484 e. The molecule has 20 heavy (non-hydrogen) atoms. The lowest BCUT2D eigenvalue weighted by atomic mass is 10.3. The van der Waals surface area contributed by atoms with E-state index in [9.17, 15) is 13.6 Å². The maximum Gasteiger partial charge on any atom is 0.262 e. The van der Waals surface area contributed by atoms with Crippen LogP contribution in [-0.4, -0.2) is 17.5 Å². The minimum Gasteiger partial charge on any atom is -0.484 e. The molecule has 1 aromatic carbocycles. The SMILES string of the molecule is O=C(COc1ccc(F)c(F)c1)Nc1cccnc1Cl. The Kier molecular flexibility index (Phi) is 4.47. The van der Waals surface area contributed by atoms with Crippen molar-refractivity contribution in [2.24, 2.45) is 0 Å². The summed E-state index contributed by atoms with van der Waals surface area (Å²) in [5, 5.41) is 2.63. The van der Waals surface area contributed by atoms with Gasteiger partial charge in [-0.25, -0.2) is 13.8 Å². The van der Waals surface area contributed by atoms with Gasteiger partial charge in [0.2, 0.25) is 0 Å².